The molecule has 0 fully saturated rings. The number of nitrogens with one attached hydrogen (secondary N) is 1. The summed E-state index contributed by atoms with van der Waals surface area (Å²) in [5, 5.41) is 11.3. The number of rotatable bonds is 6. The van der Waals surface area contributed by atoms with Crippen molar-refractivity contribution >= 4 is 12.2 Å². The minimum atomic E-state index is -0.442. The SMILES string of the molecule is N#CCc1ccc(C=CCNC(=O)OCc2ccccc2)cc1. The molecule has 1 amide bonds. The van der Waals surface area contributed by atoms with Crippen molar-refractivity contribution in [3.8, 4) is 6.07 Å². The lowest BCUT2D eigenvalue weighted by Gasteiger charge is -2.05. The summed E-state index contributed by atoms with van der Waals surface area (Å²) in [5.41, 5.74) is 2.97. The van der Waals surface area contributed by atoms with Gasteiger partial charge in [0.25, 0.3) is 0 Å². The molecule has 0 atom stereocenters. The molecule has 0 heterocycles. The monoisotopic (exact) mass is 306 g/mol. The average Bonchev–Trinajstić information content (AvgIpc) is 2.59. The Hall–Kier alpha value is -3.06. The van der Waals surface area contributed by atoms with E-state index in [0.717, 1.165) is 16.7 Å². The van der Waals surface area contributed by atoms with E-state index in [0.29, 0.717) is 13.0 Å². The summed E-state index contributed by atoms with van der Waals surface area (Å²) >= 11 is 0. The lowest BCUT2D eigenvalue weighted by Crippen LogP contribution is -2.24. The highest BCUT2D eigenvalue weighted by atomic mass is 16.5. The van der Waals surface area contributed by atoms with E-state index in [1.54, 1.807) is 0 Å². The van der Waals surface area contributed by atoms with E-state index in [1.165, 1.54) is 0 Å². The Balaban J connectivity index is 1.69. The highest BCUT2D eigenvalue weighted by Crippen LogP contribution is 2.06. The molecule has 0 aromatic heterocycles. The van der Waals surface area contributed by atoms with Gasteiger partial charge in [-0.05, 0) is 16.7 Å². The number of nitrogens with zero attached hydrogens (tertiary/aromatic N) is 1. The normalized spacial score (nSPS) is 10.2. The maximum absolute atomic E-state index is 11.5. The fourth-order valence-electron chi connectivity index (χ4n) is 1.95. The lowest BCUT2D eigenvalue weighted by molar-refractivity contribution is 0.141. The van der Waals surface area contributed by atoms with Gasteiger partial charge in [0.15, 0.2) is 0 Å². The van der Waals surface area contributed by atoms with Gasteiger partial charge in [-0.3, -0.25) is 0 Å². The molecule has 2 aromatic carbocycles. The Labute approximate surface area is 136 Å². The van der Waals surface area contributed by atoms with E-state index >= 15 is 0 Å². The van der Waals surface area contributed by atoms with Crippen LogP contribution in [0, 0.1) is 11.3 Å². The van der Waals surface area contributed by atoms with Gasteiger partial charge < -0.3 is 10.1 Å². The molecule has 0 aliphatic heterocycles. The van der Waals surface area contributed by atoms with E-state index in [9.17, 15) is 4.79 Å². The molecule has 23 heavy (non-hydrogen) atoms. The Morgan fingerprint density at radius 3 is 2.52 bits per heavy atom. The van der Waals surface area contributed by atoms with Crippen molar-refractivity contribution < 1.29 is 9.53 Å². The number of hydrogen-bond acceptors (Lipinski definition) is 3. The topological polar surface area (TPSA) is 62.1 Å². The van der Waals surface area contributed by atoms with Gasteiger partial charge in [0.2, 0.25) is 0 Å². The maximum Gasteiger partial charge on any atom is 0.407 e. The van der Waals surface area contributed by atoms with E-state index in [-0.39, 0.29) is 6.61 Å². The largest absolute Gasteiger partial charge is 0.445 e. The average molecular weight is 306 g/mol. The van der Waals surface area contributed by atoms with Gasteiger partial charge in [-0.25, -0.2) is 4.79 Å². The molecule has 0 unspecified atom stereocenters. The van der Waals surface area contributed by atoms with Crippen LogP contribution in [0.15, 0.2) is 60.7 Å². The molecule has 4 nitrogen and oxygen atoms in total. The summed E-state index contributed by atoms with van der Waals surface area (Å²) in [4.78, 5) is 11.5. The number of alkyl carbamates (subject to hydrolysis) is 1. The summed E-state index contributed by atoms with van der Waals surface area (Å²) < 4.78 is 5.11. The summed E-state index contributed by atoms with van der Waals surface area (Å²) in [6.45, 7) is 0.657. The first-order chi connectivity index (χ1) is 11.3. The standard InChI is InChI=1S/C19H18N2O2/c20-13-12-17-10-8-16(9-11-17)7-4-14-21-19(22)23-15-18-5-2-1-3-6-18/h1-11H,12,14-15H2,(H,21,22). The second kappa shape index (κ2) is 9.06. The fourth-order valence-corrected chi connectivity index (χ4v) is 1.95. The predicted molar refractivity (Wildman–Crippen MR) is 89.4 cm³/mol. The Kier molecular flexibility index (Phi) is 6.43. The van der Waals surface area contributed by atoms with Crippen LogP contribution in [-0.2, 0) is 17.8 Å². The van der Waals surface area contributed by atoms with Crippen LogP contribution >= 0.6 is 0 Å². The number of nitriles is 1. The Morgan fingerprint density at radius 2 is 1.83 bits per heavy atom. The molecule has 4 heteroatoms. The predicted octanol–water partition coefficient (Wildman–Crippen LogP) is 3.69. The van der Waals surface area contributed by atoms with Crippen molar-refractivity contribution in [3.63, 3.8) is 0 Å². The fraction of sp³-hybridized carbons (Fsp3) is 0.158. The number of benzene rings is 2. The van der Waals surface area contributed by atoms with Gasteiger partial charge in [-0.2, -0.15) is 5.26 Å². The van der Waals surface area contributed by atoms with Gasteiger partial charge in [-0.15, -0.1) is 0 Å². The van der Waals surface area contributed by atoms with Crippen LogP contribution in [-0.4, -0.2) is 12.6 Å². The van der Waals surface area contributed by atoms with Crippen LogP contribution in [0.3, 0.4) is 0 Å². The minimum Gasteiger partial charge on any atom is -0.445 e. The molecule has 0 aliphatic carbocycles. The third-order valence-electron chi connectivity index (χ3n) is 3.15. The molecule has 1 N–H and O–H groups in total. The van der Waals surface area contributed by atoms with Gasteiger partial charge in [0.1, 0.15) is 6.61 Å². The first-order valence-corrected chi connectivity index (χ1v) is 7.35. The molecule has 0 spiro atoms. The molecule has 0 aliphatic rings. The van der Waals surface area contributed by atoms with Crippen LogP contribution < -0.4 is 5.32 Å². The molecule has 0 saturated carbocycles. The Bertz CT molecular complexity index is 686. The van der Waals surface area contributed by atoms with E-state index in [2.05, 4.69) is 11.4 Å². The van der Waals surface area contributed by atoms with Crippen molar-refractivity contribution in [2.45, 2.75) is 13.0 Å². The summed E-state index contributed by atoms with van der Waals surface area (Å²) in [6, 6.07) is 19.4. The highest BCUT2D eigenvalue weighted by molar-refractivity contribution is 5.67. The summed E-state index contributed by atoms with van der Waals surface area (Å²) in [5.74, 6) is 0. The number of carbonyl (C=O) groups is 1. The first-order valence-electron chi connectivity index (χ1n) is 7.35. The van der Waals surface area contributed by atoms with Gasteiger partial charge in [0.05, 0.1) is 12.5 Å². The van der Waals surface area contributed by atoms with E-state index in [4.69, 9.17) is 10.00 Å². The van der Waals surface area contributed by atoms with Gasteiger partial charge >= 0.3 is 6.09 Å². The number of hydrogen-bond donors (Lipinski definition) is 1. The second-order valence-electron chi connectivity index (χ2n) is 4.92. The van der Waals surface area contributed by atoms with Crippen molar-refractivity contribution in [1.82, 2.24) is 5.32 Å². The zero-order valence-corrected chi connectivity index (χ0v) is 12.7. The minimum absolute atomic E-state index is 0.261. The number of ether oxygens (including phenoxy) is 1. The van der Waals surface area contributed by atoms with Crippen LogP contribution in [0.5, 0.6) is 0 Å². The molecule has 0 radical (unpaired) electrons. The third kappa shape index (κ3) is 6.06. The second-order valence-corrected chi connectivity index (χ2v) is 4.92. The summed E-state index contributed by atoms with van der Waals surface area (Å²) in [6.07, 6.45) is 3.73. The quantitative estimate of drug-likeness (QED) is 0.885. The van der Waals surface area contributed by atoms with Crippen LogP contribution in [0.4, 0.5) is 4.79 Å². The molecule has 116 valence electrons. The summed E-state index contributed by atoms with van der Waals surface area (Å²) in [7, 11) is 0. The zero-order chi connectivity index (χ0) is 16.3. The van der Waals surface area contributed by atoms with Crippen LogP contribution in [0.1, 0.15) is 16.7 Å². The number of carbonyl (C=O) groups excluding carboxylic acids is 1. The van der Waals surface area contributed by atoms with Crippen molar-refractivity contribution in [2.75, 3.05) is 6.54 Å². The highest BCUT2D eigenvalue weighted by Gasteiger charge is 2.00. The third-order valence-corrected chi connectivity index (χ3v) is 3.15. The maximum atomic E-state index is 11.5. The molecular weight excluding hydrogens is 288 g/mol. The van der Waals surface area contributed by atoms with Crippen LogP contribution in [0.2, 0.25) is 0 Å². The van der Waals surface area contributed by atoms with Gasteiger partial charge in [0, 0.05) is 6.54 Å². The van der Waals surface area contributed by atoms with Crippen molar-refractivity contribution in [2.24, 2.45) is 0 Å². The molecule has 0 saturated heterocycles. The zero-order valence-electron chi connectivity index (χ0n) is 12.7. The number of amides is 1. The molecule has 2 rings (SSSR count). The molecular formula is C19H18N2O2. The van der Waals surface area contributed by atoms with E-state index in [1.807, 2.05) is 66.7 Å². The van der Waals surface area contributed by atoms with Crippen LogP contribution in [0.25, 0.3) is 6.08 Å². The lowest BCUT2D eigenvalue weighted by atomic mass is 10.1. The molecule has 2 aromatic rings. The van der Waals surface area contributed by atoms with Gasteiger partial charge in [-0.1, -0.05) is 66.7 Å². The molecule has 0 bridgehead atoms. The smallest absolute Gasteiger partial charge is 0.407 e. The first kappa shape index (κ1) is 16.3. The van der Waals surface area contributed by atoms with Crippen molar-refractivity contribution in [3.05, 3.63) is 77.4 Å². The Morgan fingerprint density at radius 1 is 1.09 bits per heavy atom. The van der Waals surface area contributed by atoms with Crippen molar-refractivity contribution in [1.29, 1.82) is 5.26 Å². The van der Waals surface area contributed by atoms with E-state index < -0.39 is 6.09 Å².